The number of nitrogens with one attached hydrogen (secondary N) is 2. The van der Waals surface area contributed by atoms with E-state index < -0.39 is 0 Å². The molecule has 0 aliphatic carbocycles. The topological polar surface area (TPSA) is 68.0 Å². The van der Waals surface area contributed by atoms with E-state index in [4.69, 9.17) is 18.9 Å². The summed E-state index contributed by atoms with van der Waals surface area (Å²) < 4.78 is 16.5. The van der Waals surface area contributed by atoms with Crippen LogP contribution in [0.25, 0.3) is 0 Å². The molecule has 0 unspecified atom stereocenters. The molecule has 7 heteroatoms. The summed E-state index contributed by atoms with van der Waals surface area (Å²) in [7, 11) is 1.76. The molecule has 1 aromatic rings. The number of hydrogen-bond acceptors (Lipinski definition) is 4. The lowest BCUT2D eigenvalue weighted by Crippen LogP contribution is -2.44. The van der Waals surface area contributed by atoms with Crippen LogP contribution < -0.4 is 10.6 Å². The van der Waals surface area contributed by atoms with E-state index in [0.717, 1.165) is 56.3 Å². The molecule has 6 nitrogen and oxygen atoms in total. The van der Waals surface area contributed by atoms with Crippen LogP contribution in [0.15, 0.2) is 40.0 Å². The minimum absolute atomic E-state index is 0. The zero-order chi connectivity index (χ0) is 17.3. The second-order valence-electron chi connectivity index (χ2n) is 6.23. The van der Waals surface area contributed by atoms with Gasteiger partial charge >= 0.3 is 0 Å². The number of aliphatic imine (C=N–C) groups is 1. The fourth-order valence-electron chi connectivity index (χ4n) is 2.56. The number of methoxy groups -OCH3 is 1. The number of ether oxygens (including phenoxy) is 2. The number of guanidine groups is 1. The molecule has 0 radical (unpaired) electrons. The molecular weight excluding hydrogens is 433 g/mol. The smallest absolute Gasteiger partial charge is 0.191 e. The van der Waals surface area contributed by atoms with Gasteiger partial charge in [0.15, 0.2) is 5.96 Å². The highest BCUT2D eigenvalue weighted by Crippen LogP contribution is 2.24. The van der Waals surface area contributed by atoms with E-state index >= 15 is 0 Å². The number of rotatable bonds is 8. The molecule has 0 saturated carbocycles. The zero-order valence-electron chi connectivity index (χ0n) is 15.2. The largest absolute Gasteiger partial charge is 0.469 e. The summed E-state index contributed by atoms with van der Waals surface area (Å²) in [6.45, 7) is 9.42. The highest BCUT2D eigenvalue weighted by Gasteiger charge is 2.32. The maximum absolute atomic E-state index is 5.74. The summed E-state index contributed by atoms with van der Waals surface area (Å²) in [6, 6.07) is 3.87. The van der Waals surface area contributed by atoms with Crippen molar-refractivity contribution in [3.05, 3.63) is 36.3 Å². The first-order valence-corrected chi connectivity index (χ1v) is 8.45. The fraction of sp³-hybridized carbons (Fsp3) is 0.611. The molecule has 0 atom stereocenters. The highest BCUT2D eigenvalue weighted by atomic mass is 127. The summed E-state index contributed by atoms with van der Waals surface area (Å²) in [5.41, 5.74) is 0.833. The van der Waals surface area contributed by atoms with Gasteiger partial charge < -0.3 is 24.5 Å². The third-order valence-corrected chi connectivity index (χ3v) is 4.16. The molecule has 0 spiro atoms. The van der Waals surface area contributed by atoms with E-state index in [1.807, 2.05) is 19.1 Å². The van der Waals surface area contributed by atoms with Gasteiger partial charge in [-0.25, -0.2) is 0 Å². The molecule has 2 heterocycles. The molecule has 1 fully saturated rings. The van der Waals surface area contributed by atoms with E-state index in [1.54, 1.807) is 13.4 Å². The number of hydrogen-bond donors (Lipinski definition) is 2. The SMILES string of the molecule is C=C(C)CNC(=NCC1(OC)CCOCC1)NCCc1ccco1.I. The molecule has 1 aliphatic rings. The summed E-state index contributed by atoms with van der Waals surface area (Å²) >= 11 is 0. The van der Waals surface area contributed by atoms with Gasteiger partial charge in [0.05, 0.1) is 18.4 Å². The van der Waals surface area contributed by atoms with Crippen molar-refractivity contribution in [3.8, 4) is 0 Å². The Morgan fingerprint density at radius 2 is 2.12 bits per heavy atom. The number of halogens is 1. The lowest BCUT2D eigenvalue weighted by molar-refractivity contribution is -0.0828. The van der Waals surface area contributed by atoms with Gasteiger partial charge in [0.2, 0.25) is 0 Å². The van der Waals surface area contributed by atoms with Crippen molar-refractivity contribution < 1.29 is 13.9 Å². The van der Waals surface area contributed by atoms with Gasteiger partial charge in [-0.05, 0) is 19.1 Å². The van der Waals surface area contributed by atoms with E-state index in [0.29, 0.717) is 13.1 Å². The normalized spacial score (nSPS) is 16.8. The molecule has 1 aromatic heterocycles. The molecule has 25 heavy (non-hydrogen) atoms. The van der Waals surface area contributed by atoms with E-state index in [-0.39, 0.29) is 29.6 Å². The van der Waals surface area contributed by atoms with Gasteiger partial charge in [0, 0.05) is 52.7 Å². The molecule has 2 rings (SSSR count). The first kappa shape index (κ1) is 22.0. The number of furan rings is 1. The van der Waals surface area contributed by atoms with E-state index in [9.17, 15) is 0 Å². The van der Waals surface area contributed by atoms with Gasteiger partial charge in [-0.1, -0.05) is 12.2 Å². The summed E-state index contributed by atoms with van der Waals surface area (Å²) in [5.74, 6) is 1.73. The second-order valence-corrected chi connectivity index (χ2v) is 6.23. The van der Waals surface area contributed by atoms with Gasteiger partial charge in [-0.15, -0.1) is 24.0 Å². The molecule has 0 amide bonds. The van der Waals surface area contributed by atoms with Crippen LogP contribution in [0.5, 0.6) is 0 Å². The maximum Gasteiger partial charge on any atom is 0.191 e. The third kappa shape index (κ3) is 7.79. The van der Waals surface area contributed by atoms with Crippen LogP contribution in [-0.2, 0) is 15.9 Å². The van der Waals surface area contributed by atoms with Crippen molar-refractivity contribution >= 4 is 29.9 Å². The number of nitrogens with zero attached hydrogens (tertiary/aromatic N) is 1. The van der Waals surface area contributed by atoms with Gasteiger partial charge in [0.1, 0.15) is 5.76 Å². The van der Waals surface area contributed by atoms with Crippen molar-refractivity contribution in [1.82, 2.24) is 10.6 Å². The van der Waals surface area contributed by atoms with Gasteiger partial charge in [0.25, 0.3) is 0 Å². The van der Waals surface area contributed by atoms with Crippen LogP contribution >= 0.6 is 24.0 Å². The van der Waals surface area contributed by atoms with Crippen LogP contribution in [0.3, 0.4) is 0 Å². The lowest BCUT2D eigenvalue weighted by atomic mass is 9.94. The van der Waals surface area contributed by atoms with Crippen LogP contribution in [-0.4, -0.2) is 51.5 Å². The Kier molecular flexibility index (Phi) is 10.1. The first-order chi connectivity index (χ1) is 11.6. The van der Waals surface area contributed by atoms with E-state index in [2.05, 4.69) is 17.2 Å². The first-order valence-electron chi connectivity index (χ1n) is 8.45. The standard InChI is InChI=1S/C18H29N3O3.HI/c1-15(2)13-20-17(19-9-6-16-5-4-10-24-16)21-14-18(22-3)7-11-23-12-8-18;/h4-5,10H,1,6-9,11-14H2,2-3H3,(H2,19,20,21);1H. The average Bonchev–Trinajstić information content (AvgIpc) is 3.11. The Labute approximate surface area is 167 Å². The molecule has 2 N–H and O–H groups in total. The van der Waals surface area contributed by atoms with Crippen LogP contribution in [0.4, 0.5) is 0 Å². The predicted octanol–water partition coefficient (Wildman–Crippen LogP) is 2.75. The quantitative estimate of drug-likeness (QED) is 0.269. The minimum atomic E-state index is -0.225. The van der Waals surface area contributed by atoms with Crippen LogP contribution in [0.2, 0.25) is 0 Å². The highest BCUT2D eigenvalue weighted by molar-refractivity contribution is 14.0. The maximum atomic E-state index is 5.74. The Bertz CT molecular complexity index is 526. The molecule has 1 saturated heterocycles. The lowest BCUT2D eigenvalue weighted by Gasteiger charge is -2.34. The second kappa shape index (κ2) is 11.5. The molecule has 0 bridgehead atoms. The molecule has 0 aromatic carbocycles. The van der Waals surface area contributed by atoms with Crippen molar-refractivity contribution in [2.75, 3.05) is 40.0 Å². The monoisotopic (exact) mass is 463 g/mol. The van der Waals surface area contributed by atoms with Crippen molar-refractivity contribution in [2.24, 2.45) is 4.99 Å². The summed E-state index contributed by atoms with van der Waals surface area (Å²) in [5, 5.41) is 6.65. The van der Waals surface area contributed by atoms with Crippen LogP contribution in [0, 0.1) is 0 Å². The Hall–Kier alpha value is -1.06. The molecular formula is C18H30IN3O3. The molecule has 142 valence electrons. The zero-order valence-corrected chi connectivity index (χ0v) is 17.5. The van der Waals surface area contributed by atoms with Gasteiger partial charge in [-0.3, -0.25) is 4.99 Å². The summed E-state index contributed by atoms with van der Waals surface area (Å²) in [4.78, 5) is 4.72. The fourth-order valence-corrected chi connectivity index (χ4v) is 2.56. The van der Waals surface area contributed by atoms with Crippen molar-refractivity contribution in [2.45, 2.75) is 31.8 Å². The minimum Gasteiger partial charge on any atom is -0.469 e. The Morgan fingerprint density at radius 1 is 1.36 bits per heavy atom. The predicted molar refractivity (Wildman–Crippen MR) is 111 cm³/mol. The van der Waals surface area contributed by atoms with Crippen molar-refractivity contribution in [1.29, 1.82) is 0 Å². The van der Waals surface area contributed by atoms with Crippen molar-refractivity contribution in [3.63, 3.8) is 0 Å². The third-order valence-electron chi connectivity index (χ3n) is 4.16. The Morgan fingerprint density at radius 3 is 2.72 bits per heavy atom. The average molecular weight is 463 g/mol. The van der Waals surface area contributed by atoms with Gasteiger partial charge in [-0.2, -0.15) is 0 Å². The van der Waals surface area contributed by atoms with Crippen LogP contribution in [0.1, 0.15) is 25.5 Å². The van der Waals surface area contributed by atoms with E-state index in [1.165, 1.54) is 0 Å². The summed E-state index contributed by atoms with van der Waals surface area (Å²) in [6.07, 6.45) is 4.24. The molecule has 1 aliphatic heterocycles. The Balaban J connectivity index is 0.00000312.